The van der Waals surface area contributed by atoms with Gasteiger partial charge >= 0.3 is 0 Å². The van der Waals surface area contributed by atoms with E-state index in [4.69, 9.17) is 14.5 Å². The summed E-state index contributed by atoms with van der Waals surface area (Å²) in [5, 5.41) is 0.979. The van der Waals surface area contributed by atoms with E-state index in [0.29, 0.717) is 0 Å². The standard InChI is InChI=1S/C25H28N2O2S.HI/c1-19-6-5-7-22(16-19)26-25(30-4)27(17-20-8-12-23(28-2)13-9-20)18-21-10-14-24(29-3)15-11-21;/h5-16H,17-18H2,1-4H3;1H. The highest BCUT2D eigenvalue weighted by molar-refractivity contribution is 14.0. The van der Waals surface area contributed by atoms with Crippen LogP contribution >= 0.6 is 35.7 Å². The maximum absolute atomic E-state index is 5.30. The third-order valence-electron chi connectivity index (χ3n) is 4.74. The van der Waals surface area contributed by atoms with Crippen molar-refractivity contribution < 1.29 is 9.47 Å². The topological polar surface area (TPSA) is 34.1 Å². The molecule has 3 aromatic rings. The highest BCUT2D eigenvalue weighted by Gasteiger charge is 2.13. The number of amidine groups is 1. The van der Waals surface area contributed by atoms with Gasteiger partial charge in [0.05, 0.1) is 19.9 Å². The van der Waals surface area contributed by atoms with Gasteiger partial charge in [-0.25, -0.2) is 4.99 Å². The molecule has 0 radical (unpaired) electrons. The van der Waals surface area contributed by atoms with Crippen LogP contribution < -0.4 is 9.47 Å². The van der Waals surface area contributed by atoms with Gasteiger partial charge in [-0.15, -0.1) is 24.0 Å². The van der Waals surface area contributed by atoms with E-state index in [9.17, 15) is 0 Å². The van der Waals surface area contributed by atoms with Crippen LogP contribution in [0.2, 0.25) is 0 Å². The average molecular weight is 548 g/mol. The summed E-state index contributed by atoms with van der Waals surface area (Å²) in [4.78, 5) is 7.26. The van der Waals surface area contributed by atoms with E-state index in [0.717, 1.165) is 35.4 Å². The smallest absolute Gasteiger partial charge is 0.164 e. The van der Waals surface area contributed by atoms with Crippen molar-refractivity contribution in [1.82, 2.24) is 4.90 Å². The minimum atomic E-state index is 0. The molecule has 4 nitrogen and oxygen atoms in total. The number of rotatable bonds is 7. The third-order valence-corrected chi connectivity index (χ3v) is 5.46. The van der Waals surface area contributed by atoms with Crippen LogP contribution in [0.5, 0.6) is 11.5 Å². The predicted octanol–water partition coefficient (Wildman–Crippen LogP) is 6.68. The molecule has 0 amide bonds. The normalized spacial score (nSPS) is 10.9. The number of benzene rings is 3. The Morgan fingerprint density at radius 1 is 0.839 bits per heavy atom. The molecule has 0 heterocycles. The Labute approximate surface area is 206 Å². The molecule has 0 fully saturated rings. The van der Waals surface area contributed by atoms with Crippen LogP contribution in [0.3, 0.4) is 0 Å². The molecule has 0 aliphatic carbocycles. The van der Waals surface area contributed by atoms with E-state index in [-0.39, 0.29) is 24.0 Å². The predicted molar refractivity (Wildman–Crippen MR) is 142 cm³/mol. The van der Waals surface area contributed by atoms with Crippen LogP contribution in [0.1, 0.15) is 16.7 Å². The summed E-state index contributed by atoms with van der Waals surface area (Å²) in [5.41, 5.74) is 4.58. The van der Waals surface area contributed by atoms with Gasteiger partial charge in [0.2, 0.25) is 0 Å². The number of aliphatic imine (C=N–C) groups is 1. The first-order chi connectivity index (χ1) is 14.6. The molecule has 0 unspecified atom stereocenters. The number of nitrogens with zero attached hydrogens (tertiary/aromatic N) is 2. The van der Waals surface area contributed by atoms with Gasteiger partial charge in [-0.05, 0) is 66.3 Å². The molecule has 3 aromatic carbocycles. The quantitative estimate of drug-likeness (QED) is 0.187. The lowest BCUT2D eigenvalue weighted by molar-refractivity contribution is 0.405. The second kappa shape index (κ2) is 12.6. The van der Waals surface area contributed by atoms with Crippen LogP contribution in [-0.2, 0) is 13.1 Å². The van der Waals surface area contributed by atoms with E-state index < -0.39 is 0 Å². The Balaban J connectivity index is 0.00000341. The molecule has 0 atom stereocenters. The molecular weight excluding hydrogens is 519 g/mol. The van der Waals surface area contributed by atoms with E-state index in [1.54, 1.807) is 26.0 Å². The average Bonchev–Trinajstić information content (AvgIpc) is 2.78. The van der Waals surface area contributed by atoms with Gasteiger partial charge in [0.1, 0.15) is 11.5 Å². The van der Waals surface area contributed by atoms with Crippen molar-refractivity contribution in [1.29, 1.82) is 0 Å². The summed E-state index contributed by atoms with van der Waals surface area (Å²) in [6.45, 7) is 3.59. The molecule has 0 N–H and O–H groups in total. The van der Waals surface area contributed by atoms with Crippen molar-refractivity contribution in [2.45, 2.75) is 20.0 Å². The first kappa shape index (κ1) is 25.1. The summed E-state index contributed by atoms with van der Waals surface area (Å²) in [6.07, 6.45) is 2.07. The van der Waals surface area contributed by atoms with E-state index in [1.165, 1.54) is 16.7 Å². The minimum absolute atomic E-state index is 0. The fourth-order valence-electron chi connectivity index (χ4n) is 3.15. The molecule has 0 saturated heterocycles. The fraction of sp³-hybridized carbons (Fsp3) is 0.240. The lowest BCUT2D eigenvalue weighted by Gasteiger charge is -2.26. The maximum atomic E-state index is 5.30. The van der Waals surface area contributed by atoms with Crippen molar-refractivity contribution in [3.05, 3.63) is 89.5 Å². The van der Waals surface area contributed by atoms with E-state index >= 15 is 0 Å². The highest BCUT2D eigenvalue weighted by Crippen LogP contribution is 2.23. The molecule has 0 spiro atoms. The highest BCUT2D eigenvalue weighted by atomic mass is 127. The molecular formula is C25H29IN2O2S. The summed E-state index contributed by atoms with van der Waals surface area (Å²) in [7, 11) is 3.37. The lowest BCUT2D eigenvalue weighted by Crippen LogP contribution is -2.27. The van der Waals surface area contributed by atoms with Crippen LogP contribution in [0, 0.1) is 6.92 Å². The zero-order valence-electron chi connectivity index (χ0n) is 18.4. The van der Waals surface area contributed by atoms with Gasteiger partial charge in [-0.2, -0.15) is 0 Å². The summed E-state index contributed by atoms with van der Waals surface area (Å²) < 4.78 is 10.6. The second-order valence-electron chi connectivity index (χ2n) is 6.99. The van der Waals surface area contributed by atoms with Crippen molar-refractivity contribution in [3.63, 3.8) is 0 Å². The largest absolute Gasteiger partial charge is 0.497 e. The number of hydrogen-bond donors (Lipinski definition) is 0. The zero-order valence-corrected chi connectivity index (χ0v) is 21.5. The maximum Gasteiger partial charge on any atom is 0.164 e. The Morgan fingerprint density at radius 2 is 1.35 bits per heavy atom. The van der Waals surface area contributed by atoms with Crippen molar-refractivity contribution in [2.24, 2.45) is 4.99 Å². The molecule has 0 aliphatic rings. The number of thioether (sulfide) groups is 1. The van der Waals surface area contributed by atoms with Crippen LogP contribution in [-0.4, -0.2) is 30.5 Å². The molecule has 0 aromatic heterocycles. The lowest BCUT2D eigenvalue weighted by atomic mass is 10.1. The Morgan fingerprint density at radius 3 is 1.77 bits per heavy atom. The number of aryl methyl sites for hydroxylation is 1. The number of halogens is 1. The minimum Gasteiger partial charge on any atom is -0.497 e. The van der Waals surface area contributed by atoms with Gasteiger partial charge in [0.15, 0.2) is 5.17 Å². The van der Waals surface area contributed by atoms with Crippen molar-refractivity contribution >= 4 is 46.6 Å². The molecule has 0 saturated carbocycles. The Bertz CT molecular complexity index is 926. The molecule has 164 valence electrons. The number of ether oxygens (including phenoxy) is 2. The van der Waals surface area contributed by atoms with E-state index in [1.807, 2.05) is 36.4 Å². The summed E-state index contributed by atoms with van der Waals surface area (Å²) >= 11 is 1.66. The molecule has 3 rings (SSSR count). The fourth-order valence-corrected chi connectivity index (χ4v) is 3.73. The van der Waals surface area contributed by atoms with Gasteiger partial charge in [-0.3, -0.25) is 0 Å². The molecule has 0 bridgehead atoms. The molecule has 31 heavy (non-hydrogen) atoms. The van der Waals surface area contributed by atoms with Gasteiger partial charge in [0, 0.05) is 13.1 Å². The van der Waals surface area contributed by atoms with Gasteiger partial charge in [-0.1, -0.05) is 48.2 Å². The summed E-state index contributed by atoms with van der Waals surface area (Å²) in [5.74, 6) is 1.72. The first-order valence-corrected chi connectivity index (χ1v) is 11.0. The first-order valence-electron chi connectivity index (χ1n) is 9.81. The van der Waals surface area contributed by atoms with Gasteiger partial charge in [0.25, 0.3) is 0 Å². The monoisotopic (exact) mass is 548 g/mol. The van der Waals surface area contributed by atoms with E-state index in [2.05, 4.69) is 54.5 Å². The Hall–Kier alpha value is -2.19. The zero-order chi connectivity index (χ0) is 21.3. The number of hydrogen-bond acceptors (Lipinski definition) is 4. The third kappa shape index (κ3) is 7.47. The van der Waals surface area contributed by atoms with Crippen LogP contribution in [0.25, 0.3) is 0 Å². The van der Waals surface area contributed by atoms with Crippen LogP contribution in [0.4, 0.5) is 5.69 Å². The van der Waals surface area contributed by atoms with Crippen molar-refractivity contribution in [3.8, 4) is 11.5 Å². The van der Waals surface area contributed by atoms with Gasteiger partial charge < -0.3 is 14.4 Å². The summed E-state index contributed by atoms with van der Waals surface area (Å²) in [6, 6.07) is 24.7. The SMILES string of the molecule is COc1ccc(CN(Cc2ccc(OC)cc2)C(=Nc2cccc(C)c2)SC)cc1.I. The Kier molecular flexibility index (Phi) is 10.2. The molecule has 6 heteroatoms. The number of methoxy groups -OCH3 is 2. The van der Waals surface area contributed by atoms with Crippen molar-refractivity contribution in [2.75, 3.05) is 20.5 Å². The molecule has 0 aliphatic heterocycles. The second-order valence-corrected chi connectivity index (χ2v) is 7.76. The van der Waals surface area contributed by atoms with Crippen LogP contribution in [0.15, 0.2) is 77.8 Å².